The Balaban J connectivity index is 5.50. The van der Waals surface area contributed by atoms with Crippen molar-refractivity contribution in [2.75, 3.05) is 0 Å². The van der Waals surface area contributed by atoms with Gasteiger partial charge in [0.05, 0.1) is 6.04 Å². The Labute approximate surface area is 185 Å². The Hall–Kier alpha value is -3.22. The van der Waals surface area contributed by atoms with E-state index in [1.165, 1.54) is 6.92 Å². The van der Waals surface area contributed by atoms with Gasteiger partial charge in [-0.25, -0.2) is 4.79 Å². The summed E-state index contributed by atoms with van der Waals surface area (Å²) in [6.07, 6.45) is -1.59. The molecular weight excluding hydrogens is 428 g/mol. The van der Waals surface area contributed by atoms with Gasteiger partial charge in [-0.3, -0.25) is 24.0 Å². The molecule has 0 saturated heterocycles. The lowest BCUT2D eigenvalue weighted by atomic mass is 10.0. The molecule has 0 aromatic carbocycles. The van der Waals surface area contributed by atoms with Crippen LogP contribution in [0.25, 0.3) is 0 Å². The number of carbonyl (C=O) groups excluding carboxylic acids is 3. The summed E-state index contributed by atoms with van der Waals surface area (Å²) in [5.41, 5.74) is 5.51. The Kier molecular flexibility index (Phi) is 12.6. The molecule has 0 heterocycles. The van der Waals surface area contributed by atoms with E-state index in [2.05, 4.69) is 16.0 Å². The Morgan fingerprint density at radius 3 is 1.50 bits per heavy atom. The molecule has 0 spiro atoms. The molecule has 4 unspecified atom stereocenters. The van der Waals surface area contributed by atoms with Gasteiger partial charge < -0.3 is 37.0 Å². The summed E-state index contributed by atoms with van der Waals surface area (Å²) in [7, 11) is 0. The average molecular weight is 460 g/mol. The molecule has 13 heteroatoms. The standard InChI is InChI=1S/C19H32N4O9/c1-9(2)8-13(23-16(28)10(3)20)18(30)21-11(4-6-14(24)25)17(29)22-12(19(31)32)5-7-15(26)27/h9-13H,4-8,20H2,1-3H3,(H,21,30)(H,22,29)(H,23,28)(H,24,25)(H,26,27)(H,31,32). The highest BCUT2D eigenvalue weighted by atomic mass is 16.4. The van der Waals surface area contributed by atoms with Crippen molar-refractivity contribution in [2.45, 2.75) is 77.0 Å². The van der Waals surface area contributed by atoms with Gasteiger partial charge in [-0.15, -0.1) is 0 Å². The fourth-order valence-electron chi connectivity index (χ4n) is 2.61. The molecule has 0 aliphatic carbocycles. The number of aliphatic carboxylic acids is 3. The maximum atomic E-state index is 12.7. The smallest absolute Gasteiger partial charge is 0.326 e. The topological polar surface area (TPSA) is 225 Å². The van der Waals surface area contributed by atoms with Crippen molar-refractivity contribution in [3.8, 4) is 0 Å². The average Bonchev–Trinajstić information content (AvgIpc) is 2.66. The van der Waals surface area contributed by atoms with E-state index in [1.54, 1.807) is 13.8 Å². The van der Waals surface area contributed by atoms with Crippen LogP contribution in [0.1, 0.15) is 52.9 Å². The molecule has 13 nitrogen and oxygen atoms in total. The Morgan fingerprint density at radius 1 is 0.688 bits per heavy atom. The lowest BCUT2D eigenvalue weighted by Crippen LogP contribution is -2.57. The van der Waals surface area contributed by atoms with E-state index in [0.29, 0.717) is 0 Å². The largest absolute Gasteiger partial charge is 0.481 e. The molecule has 3 amide bonds. The van der Waals surface area contributed by atoms with E-state index in [4.69, 9.17) is 15.9 Å². The van der Waals surface area contributed by atoms with Gasteiger partial charge >= 0.3 is 17.9 Å². The van der Waals surface area contributed by atoms with Gasteiger partial charge in [0.1, 0.15) is 18.1 Å². The quantitative estimate of drug-likeness (QED) is 0.152. The molecule has 4 atom stereocenters. The molecule has 0 aliphatic heterocycles. The van der Waals surface area contributed by atoms with E-state index < -0.39 is 79.1 Å². The lowest BCUT2D eigenvalue weighted by molar-refractivity contribution is -0.144. The van der Waals surface area contributed by atoms with E-state index in [0.717, 1.165) is 0 Å². The van der Waals surface area contributed by atoms with Gasteiger partial charge in [-0.1, -0.05) is 13.8 Å². The number of carboxylic acid groups (broad SMARTS) is 3. The first-order valence-corrected chi connectivity index (χ1v) is 10.1. The molecule has 182 valence electrons. The molecule has 0 fully saturated rings. The summed E-state index contributed by atoms with van der Waals surface area (Å²) in [5.74, 6) is -6.38. The molecule has 0 bridgehead atoms. The number of rotatable bonds is 15. The minimum Gasteiger partial charge on any atom is -0.481 e. The number of amides is 3. The first-order valence-electron chi connectivity index (χ1n) is 10.1. The molecule has 0 aromatic rings. The first-order chi connectivity index (χ1) is 14.7. The third kappa shape index (κ3) is 11.8. The van der Waals surface area contributed by atoms with Gasteiger partial charge in [0, 0.05) is 12.8 Å². The summed E-state index contributed by atoms with van der Waals surface area (Å²) in [6, 6.07) is -4.93. The van der Waals surface area contributed by atoms with Crippen LogP contribution in [-0.4, -0.2) is 75.1 Å². The van der Waals surface area contributed by atoms with Crippen molar-refractivity contribution in [1.82, 2.24) is 16.0 Å². The Morgan fingerprint density at radius 2 is 1.09 bits per heavy atom. The van der Waals surface area contributed by atoms with E-state index in [1.807, 2.05) is 0 Å². The SMILES string of the molecule is CC(C)CC(NC(=O)C(C)N)C(=O)NC(CCC(=O)O)C(=O)NC(CCC(=O)O)C(=O)O. The predicted octanol–water partition coefficient (Wildman–Crippen LogP) is -1.35. The van der Waals surface area contributed by atoms with Crippen LogP contribution in [0.2, 0.25) is 0 Å². The van der Waals surface area contributed by atoms with Crippen molar-refractivity contribution >= 4 is 35.6 Å². The molecule has 32 heavy (non-hydrogen) atoms. The highest BCUT2D eigenvalue weighted by Crippen LogP contribution is 2.08. The van der Waals surface area contributed by atoms with E-state index in [-0.39, 0.29) is 18.8 Å². The molecular formula is C19H32N4O9. The van der Waals surface area contributed by atoms with Crippen molar-refractivity contribution in [3.63, 3.8) is 0 Å². The van der Waals surface area contributed by atoms with E-state index >= 15 is 0 Å². The molecule has 0 aliphatic rings. The van der Waals surface area contributed by atoms with Gasteiger partial charge in [0.25, 0.3) is 0 Å². The zero-order valence-electron chi connectivity index (χ0n) is 18.3. The first kappa shape index (κ1) is 28.8. The minimum absolute atomic E-state index is 0.0298. The highest BCUT2D eigenvalue weighted by molar-refractivity contribution is 5.94. The van der Waals surface area contributed by atoms with E-state index in [9.17, 15) is 33.9 Å². The summed E-state index contributed by atoms with van der Waals surface area (Å²) < 4.78 is 0. The summed E-state index contributed by atoms with van der Waals surface area (Å²) >= 11 is 0. The number of carbonyl (C=O) groups is 6. The van der Waals surface area contributed by atoms with Crippen molar-refractivity contribution < 1.29 is 44.1 Å². The summed E-state index contributed by atoms with van der Waals surface area (Å²) in [6.45, 7) is 5.02. The summed E-state index contributed by atoms with van der Waals surface area (Å²) in [5, 5.41) is 33.8. The van der Waals surface area contributed by atoms with Gasteiger partial charge in [-0.2, -0.15) is 0 Å². The third-order valence-electron chi connectivity index (χ3n) is 4.29. The maximum absolute atomic E-state index is 12.7. The van der Waals surface area contributed by atoms with Crippen LogP contribution in [-0.2, 0) is 28.8 Å². The second kappa shape index (κ2) is 14.0. The maximum Gasteiger partial charge on any atom is 0.326 e. The fourth-order valence-corrected chi connectivity index (χ4v) is 2.61. The van der Waals surface area contributed by atoms with Crippen LogP contribution in [0.3, 0.4) is 0 Å². The predicted molar refractivity (Wildman–Crippen MR) is 110 cm³/mol. The van der Waals surface area contributed by atoms with Gasteiger partial charge in [0.15, 0.2) is 0 Å². The van der Waals surface area contributed by atoms with Crippen LogP contribution in [0.5, 0.6) is 0 Å². The van der Waals surface area contributed by atoms with Crippen LogP contribution >= 0.6 is 0 Å². The van der Waals surface area contributed by atoms with Crippen molar-refractivity contribution in [1.29, 1.82) is 0 Å². The molecule has 0 saturated carbocycles. The molecule has 0 radical (unpaired) electrons. The number of hydrogen-bond donors (Lipinski definition) is 7. The minimum atomic E-state index is -1.55. The highest BCUT2D eigenvalue weighted by Gasteiger charge is 2.30. The van der Waals surface area contributed by atoms with Crippen LogP contribution in [0.15, 0.2) is 0 Å². The Bertz CT molecular complexity index is 709. The number of nitrogens with two attached hydrogens (primary N) is 1. The third-order valence-corrected chi connectivity index (χ3v) is 4.29. The second-order valence-electron chi connectivity index (χ2n) is 7.80. The lowest BCUT2D eigenvalue weighted by Gasteiger charge is -2.25. The monoisotopic (exact) mass is 460 g/mol. The summed E-state index contributed by atoms with van der Waals surface area (Å²) in [4.78, 5) is 70.2. The number of hydrogen-bond acceptors (Lipinski definition) is 7. The molecule has 8 N–H and O–H groups in total. The van der Waals surface area contributed by atoms with Crippen LogP contribution in [0, 0.1) is 5.92 Å². The van der Waals surface area contributed by atoms with Gasteiger partial charge in [0.2, 0.25) is 17.7 Å². The molecule has 0 aromatic heterocycles. The number of carboxylic acids is 3. The van der Waals surface area contributed by atoms with Crippen molar-refractivity contribution in [2.24, 2.45) is 11.7 Å². The molecule has 0 rings (SSSR count). The second-order valence-corrected chi connectivity index (χ2v) is 7.80. The normalized spacial score (nSPS) is 14.5. The van der Waals surface area contributed by atoms with Crippen LogP contribution in [0.4, 0.5) is 0 Å². The van der Waals surface area contributed by atoms with Crippen molar-refractivity contribution in [3.05, 3.63) is 0 Å². The zero-order valence-corrected chi connectivity index (χ0v) is 18.3. The van der Waals surface area contributed by atoms with Crippen LogP contribution < -0.4 is 21.7 Å². The number of nitrogens with one attached hydrogen (secondary N) is 3. The fraction of sp³-hybridized carbons (Fsp3) is 0.684. The zero-order chi connectivity index (χ0) is 25.0. The van der Waals surface area contributed by atoms with Gasteiger partial charge in [-0.05, 0) is 32.1 Å².